The SMILES string of the molecule is CC/C=C\C/C=C\C/C=C\C/C=C\C/C=C\CCCCCC(=O)OC(/C=C\CCCCCCCCCCCCC)C(COP(=O)([O-])OCC[N+](C)(C)C)NC(=O)CCCCCCCCCCCCCCCCCCC/C=C\C/C=C\CCCCC. The molecule has 0 fully saturated rings. The summed E-state index contributed by atoms with van der Waals surface area (Å²) in [4.78, 5) is 40.2. The maximum atomic E-state index is 13.6. The van der Waals surface area contributed by atoms with E-state index in [4.69, 9.17) is 13.8 Å². The van der Waals surface area contributed by atoms with E-state index in [2.05, 4.69) is 111 Å². The van der Waals surface area contributed by atoms with Gasteiger partial charge in [0.2, 0.25) is 5.91 Å². The molecule has 10 heteroatoms. The Morgan fingerprint density at radius 3 is 1.16 bits per heavy atom. The van der Waals surface area contributed by atoms with Gasteiger partial charge in [-0.25, -0.2) is 0 Å². The number of hydrogen-bond donors (Lipinski definition) is 1. The Labute approximate surface area is 526 Å². The van der Waals surface area contributed by atoms with Crippen molar-refractivity contribution in [1.82, 2.24) is 5.32 Å². The summed E-state index contributed by atoms with van der Waals surface area (Å²) < 4.78 is 30.4. The van der Waals surface area contributed by atoms with Gasteiger partial charge in [0.15, 0.2) is 0 Å². The zero-order valence-electron chi connectivity index (χ0n) is 56.3. The summed E-state index contributed by atoms with van der Waals surface area (Å²) in [5.41, 5.74) is 0. The van der Waals surface area contributed by atoms with E-state index < -0.39 is 26.6 Å². The Morgan fingerprint density at radius 1 is 0.424 bits per heavy atom. The number of esters is 1. The number of phosphoric ester groups is 1. The molecule has 85 heavy (non-hydrogen) atoms. The lowest BCUT2D eigenvalue weighted by atomic mass is 10.0. The van der Waals surface area contributed by atoms with Gasteiger partial charge in [-0.2, -0.15) is 0 Å². The van der Waals surface area contributed by atoms with Crippen molar-refractivity contribution in [3.8, 4) is 0 Å². The average Bonchev–Trinajstić information content (AvgIpc) is 3.50. The van der Waals surface area contributed by atoms with Crippen molar-refractivity contribution in [2.75, 3.05) is 40.9 Å². The van der Waals surface area contributed by atoms with Crippen LogP contribution in [0.2, 0.25) is 0 Å². The summed E-state index contributed by atoms with van der Waals surface area (Å²) >= 11 is 0. The number of rotatable bonds is 64. The lowest BCUT2D eigenvalue weighted by molar-refractivity contribution is -0.870. The summed E-state index contributed by atoms with van der Waals surface area (Å²) in [6.07, 6.45) is 86.8. The summed E-state index contributed by atoms with van der Waals surface area (Å²) in [5, 5.41) is 3.04. The van der Waals surface area contributed by atoms with E-state index in [1.165, 1.54) is 180 Å². The maximum Gasteiger partial charge on any atom is 0.306 e. The third-order valence-corrected chi connectivity index (χ3v) is 16.5. The first-order chi connectivity index (χ1) is 41.4. The molecule has 0 saturated heterocycles. The van der Waals surface area contributed by atoms with E-state index in [9.17, 15) is 19.0 Å². The molecule has 3 atom stereocenters. The normalized spacial score (nSPS) is 14.1. The molecule has 3 unspecified atom stereocenters. The van der Waals surface area contributed by atoms with Crippen molar-refractivity contribution in [2.45, 2.75) is 328 Å². The number of unbranched alkanes of at least 4 members (excludes halogenated alkanes) is 34. The number of quaternary nitrogens is 1. The number of likely N-dealkylation sites (N-methyl/N-ethyl adjacent to an activating group) is 1. The molecule has 1 amide bonds. The number of carbonyl (C=O) groups excluding carboxylic acids is 2. The largest absolute Gasteiger partial charge is 0.756 e. The zero-order valence-corrected chi connectivity index (χ0v) is 57.2. The molecule has 0 aliphatic rings. The van der Waals surface area contributed by atoms with Gasteiger partial charge in [0.25, 0.3) is 7.82 Å². The molecule has 0 spiro atoms. The topological polar surface area (TPSA) is 114 Å². The molecule has 0 radical (unpaired) electrons. The molecule has 0 aromatic rings. The van der Waals surface area contributed by atoms with Gasteiger partial charge >= 0.3 is 5.97 Å². The second-order valence-electron chi connectivity index (χ2n) is 25.0. The van der Waals surface area contributed by atoms with Gasteiger partial charge in [0.1, 0.15) is 19.3 Å². The van der Waals surface area contributed by atoms with Crippen LogP contribution in [-0.2, 0) is 27.9 Å². The molecule has 0 aromatic heterocycles. The monoisotopic (exact) mass is 1210 g/mol. The van der Waals surface area contributed by atoms with Crippen molar-refractivity contribution in [3.05, 3.63) is 97.2 Å². The smallest absolute Gasteiger partial charge is 0.306 e. The van der Waals surface area contributed by atoms with Crippen LogP contribution < -0.4 is 10.2 Å². The van der Waals surface area contributed by atoms with Crippen molar-refractivity contribution in [3.63, 3.8) is 0 Å². The number of nitrogens with zero attached hydrogens (tertiary/aromatic N) is 1. The maximum absolute atomic E-state index is 13.6. The summed E-state index contributed by atoms with van der Waals surface area (Å²) in [6, 6.07) is -0.907. The van der Waals surface area contributed by atoms with Gasteiger partial charge in [0.05, 0.1) is 33.8 Å². The quantitative estimate of drug-likeness (QED) is 0.0212. The molecule has 0 aromatic carbocycles. The lowest BCUT2D eigenvalue weighted by Crippen LogP contribution is -2.47. The third-order valence-electron chi connectivity index (χ3n) is 15.5. The van der Waals surface area contributed by atoms with Gasteiger partial charge in [-0.15, -0.1) is 0 Å². The highest BCUT2D eigenvalue weighted by Crippen LogP contribution is 2.38. The number of hydrogen-bond acceptors (Lipinski definition) is 7. The van der Waals surface area contributed by atoms with Crippen LogP contribution in [0.3, 0.4) is 0 Å². The van der Waals surface area contributed by atoms with Crippen molar-refractivity contribution in [1.29, 1.82) is 0 Å². The molecule has 0 bridgehead atoms. The fourth-order valence-electron chi connectivity index (χ4n) is 10.1. The number of allylic oxidation sites excluding steroid dienone is 15. The Bertz CT molecular complexity index is 1780. The number of ether oxygens (including phenoxy) is 1. The fourth-order valence-corrected chi connectivity index (χ4v) is 10.8. The Kier molecular flexibility index (Phi) is 61.6. The predicted molar refractivity (Wildman–Crippen MR) is 367 cm³/mol. The van der Waals surface area contributed by atoms with Gasteiger partial charge in [-0.3, -0.25) is 14.2 Å². The number of carbonyl (C=O) groups is 2. The lowest BCUT2D eigenvalue weighted by Gasteiger charge is -2.30. The Hall–Kier alpha value is -3.07. The van der Waals surface area contributed by atoms with Crippen LogP contribution in [0.15, 0.2) is 97.2 Å². The van der Waals surface area contributed by atoms with E-state index in [1.54, 1.807) is 0 Å². The fraction of sp³-hybridized carbons (Fsp3) is 0.760. The zero-order chi connectivity index (χ0) is 62.1. The van der Waals surface area contributed by atoms with E-state index in [0.717, 1.165) is 96.3 Å². The van der Waals surface area contributed by atoms with Crippen molar-refractivity contribution < 1.29 is 37.3 Å². The van der Waals surface area contributed by atoms with E-state index in [1.807, 2.05) is 33.3 Å². The van der Waals surface area contributed by atoms with Crippen LogP contribution >= 0.6 is 7.82 Å². The van der Waals surface area contributed by atoms with Crippen molar-refractivity contribution in [2.24, 2.45) is 0 Å². The van der Waals surface area contributed by atoms with Gasteiger partial charge in [0, 0.05) is 12.8 Å². The van der Waals surface area contributed by atoms with Gasteiger partial charge in [-0.1, -0.05) is 292 Å². The minimum absolute atomic E-state index is 0.0307. The number of amides is 1. The minimum atomic E-state index is -4.72. The average molecular weight is 1210 g/mol. The van der Waals surface area contributed by atoms with Gasteiger partial charge in [-0.05, 0) is 109 Å². The molecule has 0 aliphatic heterocycles. The summed E-state index contributed by atoms with van der Waals surface area (Å²) in [5.74, 6) is -0.573. The molecule has 0 aliphatic carbocycles. The first-order valence-electron chi connectivity index (χ1n) is 35.5. The van der Waals surface area contributed by atoms with Crippen LogP contribution in [0.4, 0.5) is 0 Å². The van der Waals surface area contributed by atoms with Crippen LogP contribution in [0.5, 0.6) is 0 Å². The first-order valence-corrected chi connectivity index (χ1v) is 37.0. The standard InChI is InChI=1S/C75H135N2O7P/c1-7-10-13-16-19-22-25-28-30-32-34-35-36-37-38-39-40-41-43-44-46-49-52-55-58-61-64-67-74(78)76-72(71-83-85(80,81)82-70-69-77(4,5)6)73(66-63-60-57-54-51-48-27-24-21-18-15-12-9-3)84-75(79)68-65-62-59-56-53-50-47-45-42-33-31-29-26-23-20-17-14-11-8-2/h11,14,19-20,22-23,28-31,42,45,50,53,63,66,72-73H,7-10,12-13,15-18,21,24-27,32-41,43-44,46-49,51-52,54-62,64-65,67-71H2,1-6H3,(H-,76,78,80,81)/b14-11-,22-19-,23-20-,30-28-,31-29-,45-42-,53-50-,66-63-. The van der Waals surface area contributed by atoms with Crippen LogP contribution in [0, 0.1) is 0 Å². The second-order valence-corrected chi connectivity index (χ2v) is 26.4. The van der Waals surface area contributed by atoms with Crippen molar-refractivity contribution >= 4 is 19.7 Å². The highest BCUT2D eigenvalue weighted by Gasteiger charge is 2.27. The number of nitrogens with one attached hydrogen (secondary N) is 1. The molecular weight excluding hydrogens is 1070 g/mol. The first kappa shape index (κ1) is 81.9. The van der Waals surface area contributed by atoms with Crippen LogP contribution in [-0.4, -0.2) is 69.4 Å². The molecule has 492 valence electrons. The van der Waals surface area contributed by atoms with E-state index >= 15 is 0 Å². The molecule has 0 rings (SSSR count). The van der Waals surface area contributed by atoms with E-state index in [-0.39, 0.29) is 24.9 Å². The Balaban J connectivity index is 5.10. The predicted octanol–water partition coefficient (Wildman–Crippen LogP) is 22.0. The highest BCUT2D eigenvalue weighted by molar-refractivity contribution is 7.45. The summed E-state index contributed by atoms with van der Waals surface area (Å²) in [6.45, 7) is 6.71. The molecule has 1 N–H and O–H groups in total. The molecule has 9 nitrogen and oxygen atoms in total. The molecule has 0 heterocycles. The van der Waals surface area contributed by atoms with Crippen LogP contribution in [0.1, 0.15) is 316 Å². The summed E-state index contributed by atoms with van der Waals surface area (Å²) in [7, 11) is 1.16. The highest BCUT2D eigenvalue weighted by atomic mass is 31.2. The minimum Gasteiger partial charge on any atom is -0.756 e. The molecule has 0 saturated carbocycles. The van der Waals surface area contributed by atoms with E-state index in [0.29, 0.717) is 23.9 Å². The Morgan fingerprint density at radius 2 is 0.753 bits per heavy atom. The molecular formula is C75H135N2O7P. The van der Waals surface area contributed by atoms with Crippen LogP contribution in [0.25, 0.3) is 0 Å². The number of phosphoric acid groups is 1. The van der Waals surface area contributed by atoms with Gasteiger partial charge < -0.3 is 28.5 Å². The second kappa shape index (κ2) is 63.9. The third kappa shape index (κ3) is 65.2.